The SMILES string of the molecule is Cc1cccc(CC(C)C(O)c2ccccc2)c1. The molecule has 94 valence electrons. The van der Waals surface area contributed by atoms with Gasteiger partial charge in [0.2, 0.25) is 0 Å². The van der Waals surface area contributed by atoms with Crippen molar-refractivity contribution in [2.45, 2.75) is 26.4 Å². The zero-order valence-corrected chi connectivity index (χ0v) is 11.0. The molecule has 2 rings (SSSR count). The molecule has 1 nitrogen and oxygen atoms in total. The summed E-state index contributed by atoms with van der Waals surface area (Å²) in [6.07, 6.45) is 0.504. The van der Waals surface area contributed by atoms with Crippen LogP contribution in [0, 0.1) is 12.8 Å². The van der Waals surface area contributed by atoms with Crippen molar-refractivity contribution in [2.24, 2.45) is 5.92 Å². The van der Waals surface area contributed by atoms with Crippen molar-refractivity contribution < 1.29 is 5.11 Å². The maximum Gasteiger partial charge on any atom is 0.0818 e. The minimum absolute atomic E-state index is 0.217. The number of benzene rings is 2. The molecule has 0 saturated carbocycles. The van der Waals surface area contributed by atoms with Crippen LogP contribution in [0.4, 0.5) is 0 Å². The Morgan fingerprint density at radius 2 is 1.72 bits per heavy atom. The van der Waals surface area contributed by atoms with Crippen molar-refractivity contribution in [1.29, 1.82) is 0 Å². The second kappa shape index (κ2) is 5.83. The topological polar surface area (TPSA) is 20.2 Å². The molecule has 0 aromatic heterocycles. The second-order valence-electron chi connectivity index (χ2n) is 5.03. The average Bonchev–Trinajstić information content (AvgIpc) is 2.39. The van der Waals surface area contributed by atoms with E-state index in [1.807, 2.05) is 30.3 Å². The van der Waals surface area contributed by atoms with E-state index in [1.165, 1.54) is 11.1 Å². The Bertz CT molecular complexity index is 490. The molecule has 0 heterocycles. The maximum absolute atomic E-state index is 10.3. The molecule has 0 fully saturated rings. The van der Waals surface area contributed by atoms with Gasteiger partial charge in [0, 0.05) is 0 Å². The van der Waals surface area contributed by atoms with Crippen molar-refractivity contribution in [2.75, 3.05) is 0 Å². The smallest absolute Gasteiger partial charge is 0.0818 e. The highest BCUT2D eigenvalue weighted by atomic mass is 16.3. The van der Waals surface area contributed by atoms with E-state index < -0.39 is 6.10 Å². The minimum atomic E-state index is -0.397. The Morgan fingerprint density at radius 3 is 2.39 bits per heavy atom. The van der Waals surface area contributed by atoms with Gasteiger partial charge in [0.25, 0.3) is 0 Å². The summed E-state index contributed by atoms with van der Waals surface area (Å²) in [5, 5.41) is 10.3. The van der Waals surface area contributed by atoms with Crippen LogP contribution in [0.5, 0.6) is 0 Å². The molecule has 2 unspecified atom stereocenters. The van der Waals surface area contributed by atoms with E-state index in [1.54, 1.807) is 0 Å². The van der Waals surface area contributed by atoms with E-state index >= 15 is 0 Å². The molecular weight excluding hydrogens is 220 g/mol. The molecule has 0 spiro atoms. The van der Waals surface area contributed by atoms with E-state index in [-0.39, 0.29) is 5.92 Å². The maximum atomic E-state index is 10.3. The van der Waals surface area contributed by atoms with Gasteiger partial charge in [0.15, 0.2) is 0 Å². The third kappa shape index (κ3) is 3.21. The molecule has 0 aliphatic rings. The summed E-state index contributed by atoms with van der Waals surface area (Å²) in [4.78, 5) is 0. The third-order valence-electron chi connectivity index (χ3n) is 3.32. The van der Waals surface area contributed by atoms with Crippen LogP contribution in [0.3, 0.4) is 0 Å². The van der Waals surface area contributed by atoms with Crippen molar-refractivity contribution in [3.8, 4) is 0 Å². The van der Waals surface area contributed by atoms with E-state index in [2.05, 4.69) is 38.1 Å². The van der Waals surface area contributed by atoms with Crippen LogP contribution in [0.25, 0.3) is 0 Å². The highest BCUT2D eigenvalue weighted by Gasteiger charge is 2.16. The van der Waals surface area contributed by atoms with Crippen LogP contribution < -0.4 is 0 Å². The van der Waals surface area contributed by atoms with Crippen LogP contribution in [0.2, 0.25) is 0 Å². The molecular formula is C17H20O. The van der Waals surface area contributed by atoms with Gasteiger partial charge in [0.05, 0.1) is 6.10 Å². The van der Waals surface area contributed by atoms with Crippen molar-refractivity contribution in [1.82, 2.24) is 0 Å². The fourth-order valence-corrected chi connectivity index (χ4v) is 2.30. The molecule has 0 amide bonds. The Labute approximate surface area is 109 Å². The van der Waals surface area contributed by atoms with Crippen LogP contribution in [-0.4, -0.2) is 5.11 Å². The first kappa shape index (κ1) is 12.8. The van der Waals surface area contributed by atoms with E-state index in [9.17, 15) is 5.11 Å². The van der Waals surface area contributed by atoms with Gasteiger partial charge in [-0.2, -0.15) is 0 Å². The van der Waals surface area contributed by atoms with Gasteiger partial charge in [-0.3, -0.25) is 0 Å². The van der Waals surface area contributed by atoms with E-state index in [4.69, 9.17) is 0 Å². The third-order valence-corrected chi connectivity index (χ3v) is 3.32. The lowest BCUT2D eigenvalue weighted by Gasteiger charge is -2.19. The van der Waals surface area contributed by atoms with Gasteiger partial charge in [-0.05, 0) is 30.4 Å². The number of rotatable bonds is 4. The van der Waals surface area contributed by atoms with E-state index in [0.717, 1.165) is 12.0 Å². The first-order chi connectivity index (χ1) is 8.66. The monoisotopic (exact) mass is 240 g/mol. The molecule has 0 aliphatic carbocycles. The Kier molecular flexibility index (Phi) is 4.16. The van der Waals surface area contributed by atoms with Gasteiger partial charge >= 0.3 is 0 Å². The summed E-state index contributed by atoms with van der Waals surface area (Å²) in [5.74, 6) is 0.217. The standard InChI is InChI=1S/C17H20O/c1-13-7-6-8-15(11-13)12-14(2)17(18)16-9-4-3-5-10-16/h3-11,14,17-18H,12H2,1-2H3. The summed E-state index contributed by atoms with van der Waals surface area (Å²) in [5.41, 5.74) is 3.56. The largest absolute Gasteiger partial charge is 0.388 e. The molecule has 0 radical (unpaired) electrons. The lowest BCUT2D eigenvalue weighted by Crippen LogP contribution is -2.12. The first-order valence-corrected chi connectivity index (χ1v) is 6.45. The Morgan fingerprint density at radius 1 is 1.00 bits per heavy atom. The average molecular weight is 240 g/mol. The number of aliphatic hydroxyl groups excluding tert-OH is 1. The number of aryl methyl sites for hydroxylation is 1. The van der Waals surface area contributed by atoms with Gasteiger partial charge < -0.3 is 5.11 Å². The zero-order chi connectivity index (χ0) is 13.0. The zero-order valence-electron chi connectivity index (χ0n) is 11.0. The first-order valence-electron chi connectivity index (χ1n) is 6.45. The predicted molar refractivity (Wildman–Crippen MR) is 75.4 cm³/mol. The molecule has 18 heavy (non-hydrogen) atoms. The summed E-state index contributed by atoms with van der Waals surface area (Å²) < 4.78 is 0. The fourth-order valence-electron chi connectivity index (χ4n) is 2.30. The van der Waals surface area contributed by atoms with Gasteiger partial charge in [0.1, 0.15) is 0 Å². The molecule has 2 aromatic carbocycles. The molecule has 1 N–H and O–H groups in total. The molecule has 2 atom stereocenters. The van der Waals surface area contributed by atoms with E-state index in [0.29, 0.717) is 0 Å². The Hall–Kier alpha value is -1.60. The molecule has 0 bridgehead atoms. The van der Waals surface area contributed by atoms with Crippen LogP contribution >= 0.6 is 0 Å². The summed E-state index contributed by atoms with van der Waals surface area (Å²) in [6.45, 7) is 4.20. The quantitative estimate of drug-likeness (QED) is 0.859. The van der Waals surface area contributed by atoms with Crippen LogP contribution in [0.15, 0.2) is 54.6 Å². The lowest BCUT2D eigenvalue weighted by molar-refractivity contribution is 0.117. The van der Waals surface area contributed by atoms with Gasteiger partial charge in [-0.25, -0.2) is 0 Å². The van der Waals surface area contributed by atoms with Crippen molar-refractivity contribution >= 4 is 0 Å². The molecule has 1 heteroatoms. The van der Waals surface area contributed by atoms with Crippen molar-refractivity contribution in [3.05, 3.63) is 71.3 Å². The minimum Gasteiger partial charge on any atom is -0.388 e. The molecule has 0 saturated heterocycles. The second-order valence-corrected chi connectivity index (χ2v) is 5.03. The highest BCUT2D eigenvalue weighted by molar-refractivity contribution is 5.24. The van der Waals surface area contributed by atoms with Gasteiger partial charge in [-0.1, -0.05) is 67.1 Å². The summed E-state index contributed by atoms with van der Waals surface area (Å²) in [6, 6.07) is 18.4. The summed E-state index contributed by atoms with van der Waals surface area (Å²) >= 11 is 0. The predicted octanol–water partition coefficient (Wildman–Crippen LogP) is 3.91. The Balaban J connectivity index is 2.06. The number of hydrogen-bond donors (Lipinski definition) is 1. The molecule has 2 aromatic rings. The fraction of sp³-hybridized carbons (Fsp3) is 0.294. The highest BCUT2D eigenvalue weighted by Crippen LogP contribution is 2.24. The summed E-state index contributed by atoms with van der Waals surface area (Å²) in [7, 11) is 0. The van der Waals surface area contributed by atoms with Crippen molar-refractivity contribution in [3.63, 3.8) is 0 Å². The number of hydrogen-bond acceptors (Lipinski definition) is 1. The normalized spacial score (nSPS) is 14.2. The van der Waals surface area contributed by atoms with Gasteiger partial charge in [-0.15, -0.1) is 0 Å². The lowest BCUT2D eigenvalue weighted by atomic mass is 9.91. The van der Waals surface area contributed by atoms with Crippen LogP contribution in [0.1, 0.15) is 29.7 Å². The van der Waals surface area contributed by atoms with Crippen LogP contribution in [-0.2, 0) is 6.42 Å². The molecule has 0 aliphatic heterocycles. The number of aliphatic hydroxyl groups is 1.